The van der Waals surface area contributed by atoms with E-state index in [9.17, 15) is 13.2 Å². The van der Waals surface area contributed by atoms with Gasteiger partial charge in [-0.3, -0.25) is 0 Å². The minimum absolute atomic E-state index is 0.0829. The zero-order valence-electron chi connectivity index (χ0n) is 9.47. The normalized spacial score (nSPS) is 11.5. The number of anilines is 2. The predicted octanol–water partition coefficient (Wildman–Crippen LogP) is 5.15. The van der Waals surface area contributed by atoms with E-state index in [-0.39, 0.29) is 11.0 Å². The topological polar surface area (TPSA) is 37.8 Å². The molecule has 0 aliphatic rings. The highest BCUT2D eigenvalue weighted by atomic mass is 127. The molecule has 0 bridgehead atoms. The molecule has 0 unspecified atom stereocenters. The molecule has 0 aliphatic heterocycles. The molecule has 0 saturated carbocycles. The van der Waals surface area contributed by atoms with E-state index in [2.05, 4.69) is 37.9 Å². The Labute approximate surface area is 135 Å². The fourth-order valence-corrected chi connectivity index (χ4v) is 2.42. The third kappa shape index (κ3) is 3.86. The molecule has 0 fully saturated rings. The van der Waals surface area contributed by atoms with Gasteiger partial charge >= 0.3 is 6.18 Å². The molecule has 0 spiro atoms. The summed E-state index contributed by atoms with van der Waals surface area (Å²) < 4.78 is 38.6. The number of aromatic nitrogens is 2. The first-order valence-corrected chi connectivity index (χ1v) is 6.93. The molecule has 0 aliphatic carbocycles. The monoisotopic (exact) mass is 433 g/mol. The Morgan fingerprint density at radius 3 is 2.40 bits per heavy atom. The van der Waals surface area contributed by atoms with Gasteiger partial charge in [0.2, 0.25) is 5.82 Å². The minimum atomic E-state index is -4.67. The second-order valence-corrected chi connectivity index (χ2v) is 5.69. The molecule has 0 amide bonds. The molecule has 2 aromatic rings. The van der Waals surface area contributed by atoms with Crippen molar-refractivity contribution < 1.29 is 13.2 Å². The van der Waals surface area contributed by atoms with Crippen molar-refractivity contribution in [2.45, 2.75) is 6.18 Å². The van der Waals surface area contributed by atoms with Crippen molar-refractivity contribution in [1.82, 2.24) is 9.97 Å². The zero-order valence-corrected chi connectivity index (χ0v) is 13.1. The van der Waals surface area contributed by atoms with Gasteiger partial charge in [-0.25, -0.2) is 9.97 Å². The molecular formula is C11H5Cl2F3IN3. The first-order valence-electron chi connectivity index (χ1n) is 5.09. The van der Waals surface area contributed by atoms with E-state index in [1.807, 2.05) is 0 Å². The van der Waals surface area contributed by atoms with Crippen molar-refractivity contribution in [2.24, 2.45) is 0 Å². The van der Waals surface area contributed by atoms with Crippen molar-refractivity contribution in [2.75, 3.05) is 5.32 Å². The van der Waals surface area contributed by atoms with Crippen LogP contribution in [0.5, 0.6) is 0 Å². The lowest BCUT2D eigenvalue weighted by Gasteiger charge is -2.11. The van der Waals surface area contributed by atoms with Gasteiger partial charge in [-0.15, -0.1) is 0 Å². The van der Waals surface area contributed by atoms with Crippen LogP contribution in [0.4, 0.5) is 24.7 Å². The van der Waals surface area contributed by atoms with E-state index >= 15 is 0 Å². The van der Waals surface area contributed by atoms with Crippen LogP contribution < -0.4 is 5.32 Å². The van der Waals surface area contributed by atoms with Gasteiger partial charge in [0.1, 0.15) is 11.0 Å². The standard InChI is InChI=1S/C11H5Cl2F3IN3/c12-6-3-5(17)1-2-7(6)18-9-4-8(13)19-10(20-9)11(14,15)16/h1-4H,(H,18,19,20). The first-order chi connectivity index (χ1) is 9.25. The largest absolute Gasteiger partial charge is 0.451 e. The summed E-state index contributed by atoms with van der Waals surface area (Å²) in [7, 11) is 0. The van der Waals surface area contributed by atoms with Crippen LogP contribution in [0.3, 0.4) is 0 Å². The number of nitrogens with zero attached hydrogens (tertiary/aromatic N) is 2. The Hall–Kier alpha value is -0.800. The lowest BCUT2D eigenvalue weighted by molar-refractivity contribution is -0.144. The molecule has 2 rings (SSSR count). The molecule has 20 heavy (non-hydrogen) atoms. The van der Waals surface area contributed by atoms with Gasteiger partial charge in [-0.2, -0.15) is 13.2 Å². The lowest BCUT2D eigenvalue weighted by Crippen LogP contribution is -2.12. The molecular weight excluding hydrogens is 429 g/mol. The first kappa shape index (κ1) is 15.6. The Kier molecular flexibility index (Phi) is 4.60. The highest BCUT2D eigenvalue weighted by Crippen LogP contribution is 2.31. The van der Waals surface area contributed by atoms with Crippen LogP contribution in [0.1, 0.15) is 5.82 Å². The Balaban J connectivity index is 2.36. The molecule has 3 nitrogen and oxygen atoms in total. The number of alkyl halides is 3. The van der Waals surface area contributed by atoms with Crippen LogP contribution in [0.2, 0.25) is 10.2 Å². The van der Waals surface area contributed by atoms with Crippen LogP contribution in [0, 0.1) is 3.57 Å². The summed E-state index contributed by atoms with van der Waals surface area (Å²) in [6.45, 7) is 0. The summed E-state index contributed by atoms with van der Waals surface area (Å²) >= 11 is 13.6. The maximum absolute atomic E-state index is 12.6. The molecule has 1 aromatic carbocycles. The van der Waals surface area contributed by atoms with Crippen LogP contribution in [0.15, 0.2) is 24.3 Å². The second-order valence-electron chi connectivity index (χ2n) is 3.65. The van der Waals surface area contributed by atoms with E-state index in [4.69, 9.17) is 23.2 Å². The third-order valence-electron chi connectivity index (χ3n) is 2.14. The van der Waals surface area contributed by atoms with E-state index < -0.39 is 12.0 Å². The van der Waals surface area contributed by atoms with Gasteiger partial charge in [0.15, 0.2) is 0 Å². The molecule has 106 valence electrons. The molecule has 1 N–H and O–H groups in total. The van der Waals surface area contributed by atoms with Gasteiger partial charge in [-0.1, -0.05) is 23.2 Å². The van der Waals surface area contributed by atoms with Crippen molar-refractivity contribution in [1.29, 1.82) is 0 Å². The number of nitrogens with one attached hydrogen (secondary N) is 1. The van der Waals surface area contributed by atoms with E-state index in [1.54, 1.807) is 18.2 Å². The second kappa shape index (κ2) is 5.90. The predicted molar refractivity (Wildman–Crippen MR) is 79.5 cm³/mol. The van der Waals surface area contributed by atoms with Gasteiger partial charge in [0.25, 0.3) is 0 Å². The van der Waals surface area contributed by atoms with Gasteiger partial charge < -0.3 is 5.32 Å². The van der Waals surface area contributed by atoms with E-state index in [0.29, 0.717) is 10.7 Å². The van der Waals surface area contributed by atoms with Crippen LogP contribution in [-0.2, 0) is 6.18 Å². The third-order valence-corrected chi connectivity index (χ3v) is 3.32. The van der Waals surface area contributed by atoms with Crippen molar-refractivity contribution in [3.05, 3.63) is 43.8 Å². The highest BCUT2D eigenvalue weighted by molar-refractivity contribution is 14.1. The maximum Gasteiger partial charge on any atom is 0.451 e. The van der Waals surface area contributed by atoms with Crippen molar-refractivity contribution in [3.8, 4) is 0 Å². The number of hydrogen-bond donors (Lipinski definition) is 1. The average Bonchev–Trinajstić information content (AvgIpc) is 2.31. The zero-order chi connectivity index (χ0) is 14.9. The molecule has 1 aromatic heterocycles. The van der Waals surface area contributed by atoms with E-state index in [1.165, 1.54) is 6.07 Å². The lowest BCUT2D eigenvalue weighted by atomic mass is 10.3. The smallest absolute Gasteiger partial charge is 0.339 e. The summed E-state index contributed by atoms with van der Waals surface area (Å²) in [5.41, 5.74) is 0.426. The van der Waals surface area contributed by atoms with Crippen molar-refractivity contribution >= 4 is 57.3 Å². The number of rotatable bonds is 2. The number of benzene rings is 1. The quantitative estimate of drug-likeness (QED) is 0.525. The van der Waals surface area contributed by atoms with E-state index in [0.717, 1.165) is 3.57 Å². The van der Waals surface area contributed by atoms with Crippen molar-refractivity contribution in [3.63, 3.8) is 0 Å². The minimum Gasteiger partial charge on any atom is -0.339 e. The summed E-state index contributed by atoms with van der Waals surface area (Å²) in [6.07, 6.45) is -4.67. The average molecular weight is 434 g/mol. The van der Waals surface area contributed by atoms with Crippen LogP contribution >= 0.6 is 45.8 Å². The Morgan fingerprint density at radius 1 is 1.10 bits per heavy atom. The number of hydrogen-bond acceptors (Lipinski definition) is 3. The van der Waals surface area contributed by atoms with Crippen LogP contribution in [-0.4, -0.2) is 9.97 Å². The SMILES string of the molecule is FC(F)(F)c1nc(Cl)cc(Nc2ccc(I)cc2Cl)n1. The molecule has 9 heteroatoms. The summed E-state index contributed by atoms with van der Waals surface area (Å²) in [4.78, 5) is 6.51. The fourth-order valence-electron chi connectivity index (χ4n) is 1.34. The van der Waals surface area contributed by atoms with Gasteiger partial charge in [-0.05, 0) is 40.8 Å². The summed E-state index contributed by atoms with van der Waals surface area (Å²) in [5.74, 6) is -1.39. The Morgan fingerprint density at radius 2 is 1.80 bits per heavy atom. The van der Waals surface area contributed by atoms with Crippen LogP contribution in [0.25, 0.3) is 0 Å². The Bertz CT molecular complexity index is 649. The molecule has 0 saturated heterocycles. The van der Waals surface area contributed by atoms with Gasteiger partial charge in [0, 0.05) is 9.64 Å². The number of halogens is 6. The maximum atomic E-state index is 12.6. The highest BCUT2D eigenvalue weighted by Gasteiger charge is 2.35. The summed E-state index contributed by atoms with van der Waals surface area (Å²) in [5, 5.41) is 2.73. The molecule has 0 atom stereocenters. The fraction of sp³-hybridized carbons (Fsp3) is 0.0909. The molecule has 1 heterocycles. The van der Waals surface area contributed by atoms with Gasteiger partial charge in [0.05, 0.1) is 10.7 Å². The summed E-state index contributed by atoms with van der Waals surface area (Å²) in [6, 6.07) is 6.23. The molecule has 0 radical (unpaired) electrons.